The Kier molecular flexibility index (Phi) is 3.00. The van der Waals surface area contributed by atoms with Crippen molar-refractivity contribution in [3.63, 3.8) is 0 Å². The molecular formula is C18H18FNO3. The molecule has 2 aromatic rings. The first-order valence-electron chi connectivity index (χ1n) is 7.94. The molecule has 1 aromatic carbocycles. The summed E-state index contributed by atoms with van der Waals surface area (Å²) < 4.78 is 13.6. The average Bonchev–Trinajstić information content (AvgIpc) is 3.25. The van der Waals surface area contributed by atoms with Gasteiger partial charge in [-0.15, -0.1) is 0 Å². The molecular weight excluding hydrogens is 297 g/mol. The second-order valence-corrected chi connectivity index (χ2v) is 7.01. The maximum atomic E-state index is 13.6. The Balaban J connectivity index is 1.67. The van der Waals surface area contributed by atoms with E-state index in [-0.39, 0.29) is 17.2 Å². The summed E-state index contributed by atoms with van der Waals surface area (Å²) in [6.45, 7) is 0. The SMILES string of the molecule is O=C(O)C1CC12CCC(O)(c1ccnc3ccc(F)cc13)CC2. The van der Waals surface area contributed by atoms with Crippen LogP contribution in [0, 0.1) is 17.2 Å². The minimum atomic E-state index is -1.04. The highest BCUT2D eigenvalue weighted by atomic mass is 19.1. The summed E-state index contributed by atoms with van der Waals surface area (Å²) in [5.41, 5.74) is 0.190. The molecule has 120 valence electrons. The van der Waals surface area contributed by atoms with E-state index in [4.69, 9.17) is 0 Å². The lowest BCUT2D eigenvalue weighted by Crippen LogP contribution is -2.33. The number of aliphatic carboxylic acids is 1. The van der Waals surface area contributed by atoms with Crippen LogP contribution < -0.4 is 0 Å². The predicted molar refractivity (Wildman–Crippen MR) is 82.2 cm³/mol. The van der Waals surface area contributed by atoms with Gasteiger partial charge in [-0.25, -0.2) is 4.39 Å². The molecule has 2 saturated carbocycles. The molecule has 0 radical (unpaired) electrons. The number of nitrogens with zero attached hydrogens (tertiary/aromatic N) is 1. The standard InChI is InChI=1S/C18H18FNO3/c19-11-1-2-15-12(9-11)13(3-8-20-15)18(23)6-4-17(5-7-18)10-14(17)16(21)22/h1-3,8-9,14,23H,4-7,10H2,(H,21,22). The third-order valence-electron chi connectivity index (χ3n) is 5.77. The molecule has 1 spiro atoms. The minimum Gasteiger partial charge on any atom is -0.481 e. The lowest BCUT2D eigenvalue weighted by molar-refractivity contribution is -0.140. The number of hydrogen-bond donors (Lipinski definition) is 2. The monoisotopic (exact) mass is 315 g/mol. The van der Waals surface area contributed by atoms with Gasteiger partial charge in [-0.2, -0.15) is 0 Å². The Morgan fingerprint density at radius 3 is 2.61 bits per heavy atom. The van der Waals surface area contributed by atoms with Crippen LogP contribution in [0.25, 0.3) is 10.9 Å². The molecule has 0 amide bonds. The lowest BCUT2D eigenvalue weighted by Gasteiger charge is -2.37. The molecule has 0 saturated heterocycles. The number of fused-ring (bicyclic) bond motifs is 1. The zero-order valence-corrected chi connectivity index (χ0v) is 12.6. The number of carboxylic acids is 1. The van der Waals surface area contributed by atoms with Crippen molar-refractivity contribution in [1.82, 2.24) is 4.98 Å². The van der Waals surface area contributed by atoms with Crippen LogP contribution in [0.5, 0.6) is 0 Å². The third-order valence-corrected chi connectivity index (χ3v) is 5.77. The number of benzene rings is 1. The predicted octanol–water partition coefficient (Wildman–Crippen LogP) is 3.23. The van der Waals surface area contributed by atoms with Crippen LogP contribution in [-0.4, -0.2) is 21.2 Å². The van der Waals surface area contributed by atoms with Gasteiger partial charge in [0.1, 0.15) is 5.82 Å². The number of carbonyl (C=O) groups is 1. The van der Waals surface area contributed by atoms with E-state index in [0.29, 0.717) is 48.6 Å². The van der Waals surface area contributed by atoms with Gasteiger partial charge in [0.15, 0.2) is 0 Å². The number of aliphatic hydroxyl groups is 1. The van der Waals surface area contributed by atoms with Crippen LogP contribution in [0.2, 0.25) is 0 Å². The van der Waals surface area contributed by atoms with E-state index in [0.717, 1.165) is 0 Å². The molecule has 1 heterocycles. The number of carboxylic acid groups (broad SMARTS) is 1. The zero-order valence-electron chi connectivity index (χ0n) is 12.6. The molecule has 2 aliphatic rings. The van der Waals surface area contributed by atoms with E-state index in [1.165, 1.54) is 12.1 Å². The molecule has 2 N–H and O–H groups in total. The fourth-order valence-corrected chi connectivity index (χ4v) is 4.20. The quantitative estimate of drug-likeness (QED) is 0.892. The first-order chi connectivity index (χ1) is 10.9. The zero-order chi connectivity index (χ0) is 16.2. The molecule has 0 aliphatic heterocycles. The van der Waals surface area contributed by atoms with Gasteiger partial charge in [0.2, 0.25) is 0 Å². The molecule has 1 unspecified atom stereocenters. The molecule has 1 atom stereocenters. The summed E-state index contributed by atoms with van der Waals surface area (Å²) in [7, 11) is 0. The summed E-state index contributed by atoms with van der Waals surface area (Å²) >= 11 is 0. The maximum Gasteiger partial charge on any atom is 0.307 e. The lowest BCUT2D eigenvalue weighted by atomic mass is 9.72. The van der Waals surface area contributed by atoms with E-state index in [1.807, 2.05) is 0 Å². The van der Waals surface area contributed by atoms with Gasteiger partial charge in [-0.05, 0) is 67.3 Å². The Morgan fingerprint density at radius 2 is 1.96 bits per heavy atom. The van der Waals surface area contributed by atoms with Crippen molar-refractivity contribution >= 4 is 16.9 Å². The Labute approximate surface area is 133 Å². The van der Waals surface area contributed by atoms with Crippen molar-refractivity contribution < 1.29 is 19.4 Å². The van der Waals surface area contributed by atoms with Crippen LogP contribution in [0.3, 0.4) is 0 Å². The van der Waals surface area contributed by atoms with Crippen molar-refractivity contribution in [2.24, 2.45) is 11.3 Å². The minimum absolute atomic E-state index is 0.133. The van der Waals surface area contributed by atoms with Crippen molar-refractivity contribution in [2.45, 2.75) is 37.7 Å². The van der Waals surface area contributed by atoms with Gasteiger partial charge >= 0.3 is 5.97 Å². The van der Waals surface area contributed by atoms with E-state index >= 15 is 0 Å². The van der Waals surface area contributed by atoms with Gasteiger partial charge in [0, 0.05) is 11.6 Å². The van der Waals surface area contributed by atoms with Gasteiger partial charge in [-0.1, -0.05) is 0 Å². The van der Waals surface area contributed by atoms with E-state index in [1.54, 1.807) is 18.3 Å². The molecule has 4 nitrogen and oxygen atoms in total. The fourth-order valence-electron chi connectivity index (χ4n) is 4.20. The Bertz CT molecular complexity index is 796. The van der Waals surface area contributed by atoms with Crippen LogP contribution in [0.15, 0.2) is 30.5 Å². The Hall–Kier alpha value is -2.01. The molecule has 0 bridgehead atoms. The fraction of sp³-hybridized carbons (Fsp3) is 0.444. The number of hydrogen-bond acceptors (Lipinski definition) is 3. The summed E-state index contributed by atoms with van der Waals surface area (Å²) in [5.74, 6) is -1.35. The topological polar surface area (TPSA) is 70.4 Å². The van der Waals surface area contributed by atoms with Crippen molar-refractivity contribution in [1.29, 1.82) is 0 Å². The smallest absolute Gasteiger partial charge is 0.307 e. The van der Waals surface area contributed by atoms with Crippen LogP contribution in [0.1, 0.15) is 37.7 Å². The van der Waals surface area contributed by atoms with E-state index in [2.05, 4.69) is 4.98 Å². The normalized spacial score (nSPS) is 33.0. The highest BCUT2D eigenvalue weighted by Crippen LogP contribution is 2.64. The summed E-state index contributed by atoms with van der Waals surface area (Å²) in [5, 5.41) is 20.9. The highest BCUT2D eigenvalue weighted by molar-refractivity contribution is 5.83. The van der Waals surface area contributed by atoms with Gasteiger partial charge in [-0.3, -0.25) is 9.78 Å². The molecule has 5 heteroatoms. The van der Waals surface area contributed by atoms with Crippen molar-refractivity contribution in [3.05, 3.63) is 41.8 Å². The first-order valence-corrected chi connectivity index (χ1v) is 7.94. The third kappa shape index (κ3) is 2.22. The summed E-state index contributed by atoms with van der Waals surface area (Å²) in [6.07, 6.45) is 4.75. The van der Waals surface area contributed by atoms with Gasteiger partial charge < -0.3 is 10.2 Å². The Morgan fingerprint density at radius 1 is 1.22 bits per heavy atom. The van der Waals surface area contributed by atoms with Crippen LogP contribution in [-0.2, 0) is 10.4 Å². The molecule has 1 aromatic heterocycles. The average molecular weight is 315 g/mol. The number of halogens is 1. The maximum absolute atomic E-state index is 13.6. The summed E-state index contributed by atoms with van der Waals surface area (Å²) in [6, 6.07) is 6.14. The second kappa shape index (κ2) is 4.74. The molecule has 4 rings (SSSR count). The van der Waals surface area contributed by atoms with E-state index < -0.39 is 11.6 Å². The molecule has 2 fully saturated rings. The van der Waals surface area contributed by atoms with Gasteiger partial charge in [0.25, 0.3) is 0 Å². The first kappa shape index (κ1) is 14.6. The van der Waals surface area contributed by atoms with Crippen molar-refractivity contribution in [2.75, 3.05) is 0 Å². The number of aromatic nitrogens is 1. The second-order valence-electron chi connectivity index (χ2n) is 7.01. The number of pyridine rings is 1. The van der Waals surface area contributed by atoms with Crippen LogP contribution in [0.4, 0.5) is 4.39 Å². The number of rotatable bonds is 2. The van der Waals surface area contributed by atoms with Crippen LogP contribution >= 0.6 is 0 Å². The highest BCUT2D eigenvalue weighted by Gasteiger charge is 2.60. The van der Waals surface area contributed by atoms with Crippen molar-refractivity contribution in [3.8, 4) is 0 Å². The molecule has 2 aliphatic carbocycles. The van der Waals surface area contributed by atoms with Gasteiger partial charge in [0.05, 0.1) is 17.0 Å². The van der Waals surface area contributed by atoms with E-state index in [9.17, 15) is 19.4 Å². The largest absolute Gasteiger partial charge is 0.481 e. The summed E-state index contributed by atoms with van der Waals surface area (Å²) in [4.78, 5) is 15.4. The molecule has 23 heavy (non-hydrogen) atoms.